The maximum Gasteiger partial charge on any atom is 0.318 e. The Balaban J connectivity index is 1.59. The molecule has 1 aromatic carbocycles. The van der Waals surface area contributed by atoms with E-state index in [-0.39, 0.29) is 42.3 Å². The largest absolute Gasteiger partial charge is 0.381 e. The first-order chi connectivity index (χ1) is 12.9. The SMILES string of the molecule is CC(C)NC(=O)N(C1CCOCC1)C1CN(C(=O)Cc2cccc(F)c2)C1. The van der Waals surface area contributed by atoms with Crippen molar-refractivity contribution in [2.75, 3.05) is 26.3 Å². The molecule has 27 heavy (non-hydrogen) atoms. The number of carbonyl (C=O) groups is 2. The first-order valence-corrected chi connectivity index (χ1v) is 9.63. The Labute approximate surface area is 159 Å². The third-order valence-electron chi connectivity index (χ3n) is 5.08. The normalized spacial score (nSPS) is 18.3. The van der Waals surface area contributed by atoms with Crippen LogP contribution in [0.1, 0.15) is 32.3 Å². The lowest BCUT2D eigenvalue weighted by atomic mass is 9.99. The summed E-state index contributed by atoms with van der Waals surface area (Å²) in [5, 5.41) is 2.98. The van der Waals surface area contributed by atoms with E-state index in [4.69, 9.17) is 4.74 Å². The summed E-state index contributed by atoms with van der Waals surface area (Å²) in [6, 6.07) is 6.27. The number of likely N-dealkylation sites (tertiary alicyclic amines) is 1. The molecular formula is C20H28FN3O3. The van der Waals surface area contributed by atoms with E-state index in [0.29, 0.717) is 31.9 Å². The highest BCUT2D eigenvalue weighted by Gasteiger charge is 2.40. The number of benzene rings is 1. The van der Waals surface area contributed by atoms with Gasteiger partial charge in [0.25, 0.3) is 0 Å². The fourth-order valence-corrected chi connectivity index (χ4v) is 3.68. The Kier molecular flexibility index (Phi) is 6.31. The van der Waals surface area contributed by atoms with Crippen LogP contribution >= 0.6 is 0 Å². The summed E-state index contributed by atoms with van der Waals surface area (Å²) >= 11 is 0. The topological polar surface area (TPSA) is 61.9 Å². The first-order valence-electron chi connectivity index (χ1n) is 9.63. The van der Waals surface area contributed by atoms with Gasteiger partial charge in [0, 0.05) is 38.4 Å². The molecule has 2 aliphatic heterocycles. The lowest BCUT2D eigenvalue weighted by molar-refractivity contribution is -0.138. The van der Waals surface area contributed by atoms with Crippen molar-refractivity contribution in [3.8, 4) is 0 Å². The molecule has 0 saturated carbocycles. The van der Waals surface area contributed by atoms with Crippen LogP contribution in [0, 0.1) is 5.82 Å². The van der Waals surface area contributed by atoms with Gasteiger partial charge in [0.2, 0.25) is 5.91 Å². The van der Waals surface area contributed by atoms with Gasteiger partial charge in [0.1, 0.15) is 5.82 Å². The first kappa shape index (κ1) is 19.6. The molecule has 1 N–H and O–H groups in total. The van der Waals surface area contributed by atoms with Gasteiger partial charge < -0.3 is 19.9 Å². The summed E-state index contributed by atoms with van der Waals surface area (Å²) in [6.07, 6.45) is 1.82. The van der Waals surface area contributed by atoms with Gasteiger partial charge in [-0.1, -0.05) is 12.1 Å². The molecule has 0 unspecified atom stereocenters. The van der Waals surface area contributed by atoms with Gasteiger partial charge in [-0.2, -0.15) is 0 Å². The summed E-state index contributed by atoms with van der Waals surface area (Å²) < 4.78 is 18.7. The second-order valence-electron chi connectivity index (χ2n) is 7.61. The van der Waals surface area contributed by atoms with Crippen molar-refractivity contribution in [2.24, 2.45) is 0 Å². The smallest absolute Gasteiger partial charge is 0.318 e. The lowest BCUT2D eigenvalue weighted by Crippen LogP contribution is -2.66. The zero-order valence-electron chi connectivity index (χ0n) is 16.0. The average molecular weight is 377 g/mol. The second kappa shape index (κ2) is 8.69. The molecule has 148 valence electrons. The van der Waals surface area contributed by atoms with Crippen molar-refractivity contribution < 1.29 is 18.7 Å². The number of nitrogens with one attached hydrogen (secondary N) is 1. The fraction of sp³-hybridized carbons (Fsp3) is 0.600. The minimum atomic E-state index is -0.335. The van der Waals surface area contributed by atoms with E-state index in [0.717, 1.165) is 12.8 Å². The molecule has 3 amide bonds. The summed E-state index contributed by atoms with van der Waals surface area (Å²) in [5.41, 5.74) is 0.669. The van der Waals surface area contributed by atoms with Crippen LogP contribution in [-0.4, -0.2) is 66.2 Å². The maximum absolute atomic E-state index is 13.3. The van der Waals surface area contributed by atoms with Gasteiger partial charge in [-0.15, -0.1) is 0 Å². The predicted molar refractivity (Wildman–Crippen MR) is 99.8 cm³/mol. The van der Waals surface area contributed by atoms with Crippen molar-refractivity contribution in [2.45, 2.75) is 51.2 Å². The number of nitrogens with zero attached hydrogens (tertiary/aromatic N) is 2. The zero-order valence-corrected chi connectivity index (χ0v) is 16.0. The number of carbonyl (C=O) groups excluding carboxylic acids is 2. The second-order valence-corrected chi connectivity index (χ2v) is 7.61. The standard InChI is InChI=1S/C20H28FN3O3/c1-14(2)22-20(26)24(17-6-8-27-9-7-17)18-12-23(13-18)19(25)11-15-4-3-5-16(21)10-15/h3-5,10,14,17-18H,6-9,11-13H2,1-2H3,(H,22,26). The number of hydrogen-bond donors (Lipinski definition) is 1. The molecule has 2 aliphatic rings. The number of hydrogen-bond acceptors (Lipinski definition) is 3. The summed E-state index contributed by atoms with van der Waals surface area (Å²) in [7, 11) is 0. The summed E-state index contributed by atoms with van der Waals surface area (Å²) in [4.78, 5) is 28.8. The van der Waals surface area contributed by atoms with Gasteiger partial charge in [-0.05, 0) is 44.4 Å². The van der Waals surface area contributed by atoms with E-state index >= 15 is 0 Å². The molecule has 2 fully saturated rings. The molecule has 2 saturated heterocycles. The Bertz CT molecular complexity index is 670. The molecule has 2 heterocycles. The third kappa shape index (κ3) is 4.97. The number of ether oxygens (including phenoxy) is 1. The molecule has 0 radical (unpaired) electrons. The fourth-order valence-electron chi connectivity index (χ4n) is 3.68. The molecule has 0 bridgehead atoms. The van der Waals surface area contributed by atoms with Crippen LogP contribution < -0.4 is 5.32 Å². The Morgan fingerprint density at radius 1 is 1.26 bits per heavy atom. The molecule has 1 aromatic rings. The van der Waals surface area contributed by atoms with Gasteiger partial charge in [0.05, 0.1) is 12.5 Å². The quantitative estimate of drug-likeness (QED) is 0.856. The summed E-state index contributed by atoms with van der Waals surface area (Å²) in [5.74, 6) is -0.370. The number of halogens is 1. The van der Waals surface area contributed by atoms with Crippen molar-refractivity contribution in [1.82, 2.24) is 15.1 Å². The Hall–Kier alpha value is -2.15. The minimum Gasteiger partial charge on any atom is -0.381 e. The zero-order chi connectivity index (χ0) is 19.4. The molecule has 0 aliphatic carbocycles. The van der Waals surface area contributed by atoms with Crippen molar-refractivity contribution in [1.29, 1.82) is 0 Å². The van der Waals surface area contributed by atoms with Crippen molar-refractivity contribution >= 4 is 11.9 Å². The molecule has 3 rings (SSSR count). The van der Waals surface area contributed by atoms with Gasteiger partial charge in [-0.3, -0.25) is 4.79 Å². The van der Waals surface area contributed by atoms with E-state index in [2.05, 4.69) is 5.32 Å². The Morgan fingerprint density at radius 2 is 1.96 bits per heavy atom. The minimum absolute atomic E-state index is 0.0170. The van der Waals surface area contributed by atoms with Crippen LogP contribution in [0.4, 0.5) is 9.18 Å². The highest BCUT2D eigenvalue weighted by atomic mass is 19.1. The maximum atomic E-state index is 13.3. The number of amides is 3. The molecule has 7 heteroatoms. The van der Waals surface area contributed by atoms with Gasteiger partial charge in [0.15, 0.2) is 0 Å². The highest BCUT2D eigenvalue weighted by Crippen LogP contribution is 2.24. The summed E-state index contributed by atoms with van der Waals surface area (Å²) in [6.45, 7) is 6.25. The average Bonchev–Trinajstić information content (AvgIpc) is 2.57. The third-order valence-corrected chi connectivity index (χ3v) is 5.08. The van der Waals surface area contributed by atoms with Crippen LogP contribution in [0.5, 0.6) is 0 Å². The van der Waals surface area contributed by atoms with E-state index in [1.807, 2.05) is 18.7 Å². The molecule has 0 spiro atoms. The van der Waals surface area contributed by atoms with Crippen LogP contribution in [0.2, 0.25) is 0 Å². The van der Waals surface area contributed by atoms with E-state index < -0.39 is 0 Å². The van der Waals surface area contributed by atoms with Crippen LogP contribution in [0.3, 0.4) is 0 Å². The Morgan fingerprint density at radius 3 is 2.59 bits per heavy atom. The van der Waals surface area contributed by atoms with Crippen molar-refractivity contribution in [3.63, 3.8) is 0 Å². The number of rotatable bonds is 5. The van der Waals surface area contributed by atoms with Crippen molar-refractivity contribution in [3.05, 3.63) is 35.6 Å². The van der Waals surface area contributed by atoms with Gasteiger partial charge >= 0.3 is 6.03 Å². The van der Waals surface area contributed by atoms with E-state index in [1.54, 1.807) is 17.0 Å². The lowest BCUT2D eigenvalue weighted by Gasteiger charge is -2.49. The predicted octanol–water partition coefficient (Wildman–Crippen LogP) is 2.18. The number of urea groups is 1. The molecule has 0 aromatic heterocycles. The van der Waals surface area contributed by atoms with Crippen LogP contribution in [0.15, 0.2) is 24.3 Å². The highest BCUT2D eigenvalue weighted by molar-refractivity contribution is 5.80. The van der Waals surface area contributed by atoms with E-state index in [9.17, 15) is 14.0 Å². The molecule has 0 atom stereocenters. The van der Waals surface area contributed by atoms with E-state index in [1.165, 1.54) is 12.1 Å². The monoisotopic (exact) mass is 377 g/mol. The van der Waals surface area contributed by atoms with Gasteiger partial charge in [-0.25, -0.2) is 9.18 Å². The molecule has 6 nitrogen and oxygen atoms in total. The van der Waals surface area contributed by atoms with Crippen LogP contribution in [-0.2, 0) is 16.0 Å². The molecular weight excluding hydrogens is 349 g/mol. The van der Waals surface area contributed by atoms with Crippen LogP contribution in [0.25, 0.3) is 0 Å².